The minimum Gasteiger partial charge on any atom is -0.480 e. The quantitative estimate of drug-likeness (QED) is 0.0282. The Bertz CT molecular complexity index is 1330. The molecule has 0 aromatic heterocycles. The van der Waals surface area contributed by atoms with Crippen molar-refractivity contribution < 1.29 is 98.7 Å². The first kappa shape index (κ1) is 57.4. The molecule has 0 aromatic rings. The number of nitrogens with zero attached hydrogens (tertiary/aromatic N) is 7. The average molecular weight is 884 g/mol. The molecule has 0 saturated carbocycles. The molecule has 0 heterocycles. The van der Waals surface area contributed by atoms with Crippen molar-refractivity contribution in [3.05, 3.63) is 0 Å². The molecular formula is C34H57N7O20. The minimum absolute atomic E-state index is 0.0119. The fourth-order valence-corrected chi connectivity index (χ4v) is 5.43. The maximum absolute atomic E-state index is 11.6. The van der Waals surface area contributed by atoms with E-state index in [4.69, 9.17) is 46.0 Å². The number of ketones is 2. The number of hydrogen-bond donors (Lipinski definition) is 9. The lowest BCUT2D eigenvalue weighted by atomic mass is 10.3. The van der Waals surface area contributed by atoms with Crippen molar-refractivity contribution >= 4 is 65.3 Å². The maximum Gasteiger partial charge on any atom is 0.317 e. The van der Waals surface area contributed by atoms with Crippen molar-refractivity contribution in [3.63, 3.8) is 0 Å². The van der Waals surface area contributed by atoms with E-state index in [-0.39, 0.29) is 90.1 Å². The zero-order valence-electron chi connectivity index (χ0n) is 34.0. The monoisotopic (exact) mass is 883 g/mol. The van der Waals surface area contributed by atoms with Gasteiger partial charge >= 0.3 is 53.7 Å². The molecule has 27 nitrogen and oxygen atoms in total. The topological polar surface area (TPSA) is 393 Å². The van der Waals surface area contributed by atoms with Gasteiger partial charge in [0.25, 0.3) is 0 Å². The van der Waals surface area contributed by atoms with Gasteiger partial charge in [0, 0.05) is 65.4 Å². The Morgan fingerprint density at radius 1 is 0.230 bits per heavy atom. The van der Waals surface area contributed by atoms with Crippen LogP contribution >= 0.6 is 0 Å². The Morgan fingerprint density at radius 2 is 0.344 bits per heavy atom. The molecule has 0 radical (unpaired) electrons. The van der Waals surface area contributed by atoms with E-state index in [1.165, 1.54) is 33.4 Å². The van der Waals surface area contributed by atoms with Gasteiger partial charge in [0.1, 0.15) is 11.6 Å². The van der Waals surface area contributed by atoms with Crippen LogP contribution in [0.25, 0.3) is 0 Å². The molecule has 27 heteroatoms. The lowest BCUT2D eigenvalue weighted by Gasteiger charge is -2.29. The van der Waals surface area contributed by atoms with Gasteiger partial charge in [-0.3, -0.25) is 87.0 Å². The van der Waals surface area contributed by atoms with E-state index < -0.39 is 113 Å². The van der Waals surface area contributed by atoms with E-state index >= 15 is 0 Å². The second-order valence-corrected chi connectivity index (χ2v) is 13.6. The number of hydrogen-bond acceptors (Lipinski definition) is 18. The molecule has 0 aliphatic carbocycles. The predicted molar refractivity (Wildman–Crippen MR) is 205 cm³/mol. The lowest BCUT2D eigenvalue weighted by molar-refractivity contribution is -0.144. The fraction of sp³-hybridized carbons (Fsp3) is 0.676. The third-order valence-electron chi connectivity index (χ3n) is 7.78. The zero-order chi connectivity index (χ0) is 47.2. The summed E-state index contributed by atoms with van der Waals surface area (Å²) in [7, 11) is 0. The number of Topliss-reactive ketones (excluding diaryl/α,β-unsaturated/α-hetero) is 2. The summed E-state index contributed by atoms with van der Waals surface area (Å²) in [6.45, 7) is -0.830. The summed E-state index contributed by atoms with van der Waals surface area (Å²) in [6.07, 6.45) is 0. The molecule has 0 aliphatic heterocycles. The van der Waals surface area contributed by atoms with Crippen LogP contribution in [-0.4, -0.2) is 283 Å². The van der Waals surface area contributed by atoms with Gasteiger partial charge in [-0.25, -0.2) is 0 Å². The fourth-order valence-electron chi connectivity index (χ4n) is 5.43. The second kappa shape index (κ2) is 32.1. The maximum atomic E-state index is 11.6. The first-order chi connectivity index (χ1) is 28.3. The van der Waals surface area contributed by atoms with Gasteiger partial charge in [-0.2, -0.15) is 0 Å². The lowest BCUT2D eigenvalue weighted by Crippen LogP contribution is -2.46. The van der Waals surface area contributed by atoms with Crippen LogP contribution in [0, 0.1) is 0 Å². The third-order valence-corrected chi connectivity index (χ3v) is 7.78. The summed E-state index contributed by atoms with van der Waals surface area (Å²) >= 11 is 0. The zero-order valence-corrected chi connectivity index (χ0v) is 34.0. The number of carboxylic acids is 9. The van der Waals surface area contributed by atoms with Crippen molar-refractivity contribution in [2.75, 3.05) is 137 Å². The molecule has 0 bridgehead atoms. The molecule has 0 saturated heterocycles. The summed E-state index contributed by atoms with van der Waals surface area (Å²) in [5.41, 5.74) is 0. The van der Waals surface area contributed by atoms with E-state index in [2.05, 4.69) is 0 Å². The van der Waals surface area contributed by atoms with Gasteiger partial charge in [0.15, 0.2) is 0 Å². The van der Waals surface area contributed by atoms with Crippen molar-refractivity contribution in [3.8, 4) is 0 Å². The largest absolute Gasteiger partial charge is 0.480 e. The summed E-state index contributed by atoms with van der Waals surface area (Å²) in [4.78, 5) is 131. The summed E-state index contributed by atoms with van der Waals surface area (Å²) in [5, 5.41) is 80.2. The summed E-state index contributed by atoms with van der Waals surface area (Å²) in [6, 6.07) is 0. The number of carbonyl (C=O) groups excluding carboxylic acids is 2. The van der Waals surface area contributed by atoms with Crippen molar-refractivity contribution in [2.45, 2.75) is 13.8 Å². The molecule has 0 spiro atoms. The molecule has 0 amide bonds. The second-order valence-electron chi connectivity index (χ2n) is 13.6. The first-order valence-electron chi connectivity index (χ1n) is 18.3. The van der Waals surface area contributed by atoms with Crippen LogP contribution < -0.4 is 0 Å². The summed E-state index contributed by atoms with van der Waals surface area (Å²) < 4.78 is 0. The van der Waals surface area contributed by atoms with Gasteiger partial charge in [0.05, 0.1) is 72.0 Å². The molecule has 61 heavy (non-hydrogen) atoms. The number of carbonyl (C=O) groups is 11. The molecule has 0 aromatic carbocycles. The van der Waals surface area contributed by atoms with Crippen LogP contribution in [0.15, 0.2) is 0 Å². The standard InChI is InChI=1S/C19H32N4O11.C15H25N3O9/c1-14(24)8-20(4-6-22(10-16(27)28)11-17(29)30)2-3-21(9-15(25)26)5-7-23(12-18(31)32)13-19(33)34;1-11(19)6-16(2-4-17(7-12(20)21)8-13(22)23)3-5-18(9-14(24)25)10-15(26)27/h2-13H2,1H3,(H,25,26)(H,27,28)(H,29,30)(H,31,32)(H,33,34);2-10H2,1H3,(H,20,21)(H,22,23)(H,24,25)(H,26,27). The van der Waals surface area contributed by atoms with Crippen LogP contribution in [0.5, 0.6) is 0 Å². The average Bonchev–Trinajstić information content (AvgIpc) is 3.06. The Balaban J connectivity index is 0. The Labute approximate surface area is 349 Å². The van der Waals surface area contributed by atoms with E-state index in [1.54, 1.807) is 9.80 Å². The van der Waals surface area contributed by atoms with Crippen LogP contribution in [0.3, 0.4) is 0 Å². The number of rotatable bonds is 37. The Morgan fingerprint density at radius 3 is 0.475 bits per heavy atom. The van der Waals surface area contributed by atoms with Crippen molar-refractivity contribution in [1.29, 1.82) is 0 Å². The van der Waals surface area contributed by atoms with E-state index in [0.717, 1.165) is 4.90 Å². The van der Waals surface area contributed by atoms with Crippen LogP contribution in [0.2, 0.25) is 0 Å². The van der Waals surface area contributed by atoms with Gasteiger partial charge in [-0.1, -0.05) is 0 Å². The van der Waals surface area contributed by atoms with E-state index in [0.29, 0.717) is 0 Å². The highest BCUT2D eigenvalue weighted by molar-refractivity contribution is 5.78. The molecule has 0 atom stereocenters. The molecule has 9 N–H and O–H groups in total. The van der Waals surface area contributed by atoms with Crippen LogP contribution in [0.4, 0.5) is 0 Å². The van der Waals surface area contributed by atoms with Gasteiger partial charge in [-0.15, -0.1) is 0 Å². The highest BCUT2D eigenvalue weighted by Crippen LogP contribution is 2.00. The van der Waals surface area contributed by atoms with Gasteiger partial charge in [0.2, 0.25) is 0 Å². The third kappa shape index (κ3) is 37.1. The van der Waals surface area contributed by atoms with Crippen LogP contribution in [-0.2, 0) is 52.7 Å². The minimum atomic E-state index is -1.23. The normalized spacial score (nSPS) is 11.2. The molecule has 0 aliphatic rings. The Kier molecular flexibility index (Phi) is 30.2. The van der Waals surface area contributed by atoms with Crippen molar-refractivity contribution in [1.82, 2.24) is 34.3 Å². The highest BCUT2D eigenvalue weighted by Gasteiger charge is 2.21. The Hall–Kier alpha value is -5.71. The number of aliphatic carboxylic acids is 9. The summed E-state index contributed by atoms with van der Waals surface area (Å²) in [5.74, 6) is -11.2. The predicted octanol–water partition coefficient (Wildman–Crippen LogP) is -4.97. The van der Waals surface area contributed by atoms with E-state index in [1.807, 2.05) is 0 Å². The van der Waals surface area contributed by atoms with Gasteiger partial charge < -0.3 is 46.0 Å². The molecular weight excluding hydrogens is 826 g/mol. The van der Waals surface area contributed by atoms with Gasteiger partial charge in [-0.05, 0) is 13.8 Å². The number of carboxylic acid groups (broad SMARTS) is 9. The van der Waals surface area contributed by atoms with Crippen molar-refractivity contribution in [2.24, 2.45) is 0 Å². The molecule has 0 fully saturated rings. The first-order valence-corrected chi connectivity index (χ1v) is 18.3. The smallest absolute Gasteiger partial charge is 0.317 e. The SMILES string of the molecule is CC(=O)CN(CCN(CC(=O)O)CC(=O)O)CCN(CC(=O)O)CC(=O)O.CC(=O)CN(CCN(CCN(CC(=O)O)CC(=O)O)CC(=O)O)CCN(CC(=O)O)CC(=O)O. The van der Waals surface area contributed by atoms with Crippen LogP contribution in [0.1, 0.15) is 13.8 Å². The highest BCUT2D eigenvalue weighted by atomic mass is 16.4. The molecule has 0 unspecified atom stereocenters. The molecule has 348 valence electrons. The van der Waals surface area contributed by atoms with E-state index in [9.17, 15) is 52.7 Å². The molecule has 0 rings (SSSR count).